The van der Waals surface area contributed by atoms with E-state index in [1.807, 2.05) is 30.3 Å². The van der Waals surface area contributed by atoms with Crippen molar-refractivity contribution < 1.29 is 19.1 Å². The highest BCUT2D eigenvalue weighted by atomic mass is 16.5. The predicted molar refractivity (Wildman–Crippen MR) is 138 cm³/mol. The zero-order valence-corrected chi connectivity index (χ0v) is 21.0. The Morgan fingerprint density at radius 2 is 1.86 bits per heavy atom. The Labute approximate surface area is 212 Å². The van der Waals surface area contributed by atoms with Crippen LogP contribution in [0.1, 0.15) is 49.8 Å². The van der Waals surface area contributed by atoms with Gasteiger partial charge in [-0.15, -0.1) is 0 Å². The number of aromatic nitrogens is 2. The van der Waals surface area contributed by atoms with Gasteiger partial charge in [-0.25, -0.2) is 9.78 Å². The molecule has 1 atom stereocenters. The monoisotopic (exact) mass is 493 g/mol. The zero-order chi connectivity index (χ0) is 25.8. The number of anilines is 1. The van der Waals surface area contributed by atoms with Crippen molar-refractivity contribution in [3.05, 3.63) is 60.1 Å². The van der Waals surface area contributed by atoms with Crippen molar-refractivity contribution in [3.8, 4) is 0 Å². The smallest absolute Gasteiger partial charge is 0.330 e. The Balaban J connectivity index is 1.65. The van der Waals surface area contributed by atoms with E-state index in [2.05, 4.69) is 25.3 Å². The number of amides is 2. The molecule has 3 rings (SSSR count). The fourth-order valence-electron chi connectivity index (χ4n) is 4.14. The second-order valence-corrected chi connectivity index (χ2v) is 9.07. The van der Waals surface area contributed by atoms with Crippen LogP contribution < -0.4 is 10.6 Å². The van der Waals surface area contributed by atoms with Gasteiger partial charge in [0.25, 0.3) is 0 Å². The first kappa shape index (κ1) is 26.8. The molecule has 36 heavy (non-hydrogen) atoms. The molecule has 9 heteroatoms. The van der Waals surface area contributed by atoms with Crippen LogP contribution in [0.25, 0.3) is 6.08 Å². The number of methoxy groups -OCH3 is 1. The van der Waals surface area contributed by atoms with Crippen LogP contribution in [0.15, 0.2) is 48.8 Å². The lowest BCUT2D eigenvalue weighted by molar-refractivity contribution is -0.134. The lowest BCUT2D eigenvalue weighted by Gasteiger charge is -2.25. The summed E-state index contributed by atoms with van der Waals surface area (Å²) in [6, 6.07) is 8.91. The number of nitrogens with one attached hydrogen (secondary N) is 2. The SMILES string of the molecule is COC(=O)C=Cc1cnc(N[C@H](CC(=O)N(C)Cc2ccccc2)C(=O)NCC2CCCCC2)cn1. The average molecular weight is 494 g/mol. The van der Waals surface area contributed by atoms with Gasteiger partial charge in [-0.2, -0.15) is 0 Å². The Morgan fingerprint density at radius 3 is 2.53 bits per heavy atom. The first-order chi connectivity index (χ1) is 17.4. The molecule has 192 valence electrons. The van der Waals surface area contributed by atoms with Crippen molar-refractivity contribution in [2.24, 2.45) is 5.92 Å². The maximum Gasteiger partial charge on any atom is 0.330 e. The molecule has 1 saturated carbocycles. The molecule has 2 aromatic rings. The minimum Gasteiger partial charge on any atom is -0.466 e. The molecule has 1 aromatic carbocycles. The maximum atomic E-state index is 13.1. The van der Waals surface area contributed by atoms with Crippen LogP contribution in [0.5, 0.6) is 0 Å². The number of hydrogen-bond donors (Lipinski definition) is 2. The average Bonchev–Trinajstić information content (AvgIpc) is 2.91. The van der Waals surface area contributed by atoms with Crippen LogP contribution >= 0.6 is 0 Å². The van der Waals surface area contributed by atoms with E-state index in [4.69, 9.17) is 0 Å². The summed E-state index contributed by atoms with van der Waals surface area (Å²) >= 11 is 0. The van der Waals surface area contributed by atoms with E-state index in [9.17, 15) is 14.4 Å². The molecular formula is C27H35N5O4. The number of nitrogens with zero attached hydrogens (tertiary/aromatic N) is 3. The Bertz CT molecular complexity index is 1020. The first-order valence-corrected chi connectivity index (χ1v) is 12.3. The van der Waals surface area contributed by atoms with Crippen LogP contribution in [0, 0.1) is 5.92 Å². The molecule has 1 fully saturated rings. The molecule has 0 unspecified atom stereocenters. The lowest BCUT2D eigenvalue weighted by Crippen LogP contribution is -2.44. The van der Waals surface area contributed by atoms with E-state index in [1.165, 1.54) is 50.9 Å². The summed E-state index contributed by atoms with van der Waals surface area (Å²) in [6.07, 6.45) is 11.5. The molecule has 0 spiro atoms. The van der Waals surface area contributed by atoms with Crippen LogP contribution in [0.3, 0.4) is 0 Å². The molecule has 2 amide bonds. The van der Waals surface area contributed by atoms with Crippen molar-refractivity contribution in [2.45, 2.75) is 51.1 Å². The van der Waals surface area contributed by atoms with Crippen molar-refractivity contribution in [3.63, 3.8) is 0 Å². The largest absolute Gasteiger partial charge is 0.466 e. The Hall–Kier alpha value is -3.75. The highest BCUT2D eigenvalue weighted by Crippen LogP contribution is 2.23. The molecule has 2 N–H and O–H groups in total. The molecule has 0 radical (unpaired) electrons. The van der Waals surface area contributed by atoms with Crippen molar-refractivity contribution in [1.82, 2.24) is 20.2 Å². The van der Waals surface area contributed by atoms with Crippen LogP contribution in [-0.2, 0) is 25.7 Å². The second kappa shape index (κ2) is 14.0. The number of carbonyl (C=O) groups excluding carboxylic acids is 3. The summed E-state index contributed by atoms with van der Waals surface area (Å²) in [7, 11) is 3.03. The van der Waals surface area contributed by atoms with Gasteiger partial charge in [0.05, 0.1) is 31.6 Å². The lowest BCUT2D eigenvalue weighted by atomic mass is 9.89. The van der Waals surface area contributed by atoms with Crippen molar-refractivity contribution >= 4 is 29.7 Å². The van der Waals surface area contributed by atoms with Gasteiger partial charge in [0, 0.05) is 26.2 Å². The van der Waals surface area contributed by atoms with E-state index >= 15 is 0 Å². The third-order valence-corrected chi connectivity index (χ3v) is 6.26. The molecule has 1 aliphatic rings. The molecule has 9 nitrogen and oxygen atoms in total. The van der Waals surface area contributed by atoms with Gasteiger partial charge < -0.3 is 20.3 Å². The number of carbonyl (C=O) groups is 3. The third-order valence-electron chi connectivity index (χ3n) is 6.26. The van der Waals surface area contributed by atoms with E-state index in [0.717, 1.165) is 18.4 Å². The van der Waals surface area contributed by atoms with E-state index in [0.29, 0.717) is 30.5 Å². The topological polar surface area (TPSA) is 114 Å². The molecule has 0 aliphatic heterocycles. The van der Waals surface area contributed by atoms with Gasteiger partial charge in [-0.3, -0.25) is 14.6 Å². The summed E-state index contributed by atoms with van der Waals surface area (Å²) in [5.41, 5.74) is 1.48. The molecule has 1 heterocycles. The second-order valence-electron chi connectivity index (χ2n) is 9.07. The number of rotatable bonds is 11. The van der Waals surface area contributed by atoms with Gasteiger partial charge in [-0.05, 0) is 30.4 Å². The highest BCUT2D eigenvalue weighted by molar-refractivity contribution is 5.90. The number of benzene rings is 1. The molecule has 0 saturated heterocycles. The zero-order valence-electron chi connectivity index (χ0n) is 21.0. The van der Waals surface area contributed by atoms with Crippen LogP contribution in [0.2, 0.25) is 0 Å². The van der Waals surface area contributed by atoms with Crippen molar-refractivity contribution in [1.29, 1.82) is 0 Å². The number of ether oxygens (including phenoxy) is 1. The number of esters is 1. The minimum absolute atomic E-state index is 0.0223. The Morgan fingerprint density at radius 1 is 1.11 bits per heavy atom. The minimum atomic E-state index is -0.801. The predicted octanol–water partition coefficient (Wildman–Crippen LogP) is 3.19. The van der Waals surface area contributed by atoms with Gasteiger partial charge in [0.2, 0.25) is 11.8 Å². The van der Waals surface area contributed by atoms with Crippen molar-refractivity contribution in [2.75, 3.05) is 26.0 Å². The normalized spacial score (nSPS) is 14.7. The molecule has 0 bridgehead atoms. The van der Waals surface area contributed by atoms with E-state index < -0.39 is 12.0 Å². The molecule has 1 aromatic heterocycles. The van der Waals surface area contributed by atoms with Gasteiger partial charge in [-0.1, -0.05) is 49.6 Å². The molecular weight excluding hydrogens is 458 g/mol. The number of hydrogen-bond acceptors (Lipinski definition) is 7. The summed E-state index contributed by atoms with van der Waals surface area (Å²) in [6.45, 7) is 1.06. The fourth-order valence-corrected chi connectivity index (χ4v) is 4.14. The Kier molecular flexibility index (Phi) is 10.4. The molecule has 1 aliphatic carbocycles. The van der Waals surface area contributed by atoms with E-state index in [1.54, 1.807) is 11.9 Å². The van der Waals surface area contributed by atoms with Gasteiger partial charge in [0.1, 0.15) is 11.9 Å². The van der Waals surface area contributed by atoms with E-state index in [-0.39, 0.29) is 18.2 Å². The third kappa shape index (κ3) is 8.79. The maximum absolute atomic E-state index is 13.1. The summed E-state index contributed by atoms with van der Waals surface area (Å²) in [5, 5.41) is 6.10. The fraction of sp³-hybridized carbons (Fsp3) is 0.444. The van der Waals surface area contributed by atoms with Crippen LogP contribution in [0.4, 0.5) is 5.82 Å². The quantitative estimate of drug-likeness (QED) is 0.365. The highest BCUT2D eigenvalue weighted by Gasteiger charge is 2.25. The first-order valence-electron chi connectivity index (χ1n) is 12.3. The summed E-state index contributed by atoms with van der Waals surface area (Å²) in [5.74, 6) is -0.0536. The van der Waals surface area contributed by atoms with Gasteiger partial charge in [0.15, 0.2) is 0 Å². The summed E-state index contributed by atoms with van der Waals surface area (Å²) < 4.78 is 4.57. The van der Waals surface area contributed by atoms with Gasteiger partial charge >= 0.3 is 5.97 Å². The standard InChI is InChI=1S/C27H35N5O4/c1-32(19-21-11-7-4-8-12-21)25(33)15-23(27(35)30-16-20-9-5-3-6-10-20)31-24-18-28-22(17-29-24)13-14-26(34)36-2/h4,7-8,11-14,17-18,20,23H,3,5-6,9-10,15-16,19H2,1-2H3,(H,29,31)(H,30,35)/t23-/m1/s1. The summed E-state index contributed by atoms with van der Waals surface area (Å²) in [4.78, 5) is 47.6. The van der Waals surface area contributed by atoms with Crippen LogP contribution in [-0.4, -0.2) is 59.4 Å².